The van der Waals surface area contributed by atoms with Crippen molar-refractivity contribution >= 4 is 12.0 Å². The lowest BCUT2D eigenvalue weighted by Crippen LogP contribution is -2.45. The molecular formula is C10H20N2O4. The number of hydrogen-bond donors (Lipinski definition) is 1. The van der Waals surface area contributed by atoms with Gasteiger partial charge in [0.2, 0.25) is 0 Å². The molecule has 2 amide bonds. The summed E-state index contributed by atoms with van der Waals surface area (Å²) in [7, 11) is 3.19. The third-order valence-electron chi connectivity index (χ3n) is 2.05. The van der Waals surface area contributed by atoms with Crippen LogP contribution >= 0.6 is 0 Å². The molecule has 0 saturated carbocycles. The van der Waals surface area contributed by atoms with E-state index in [1.54, 1.807) is 14.2 Å². The van der Waals surface area contributed by atoms with Crippen molar-refractivity contribution in [3.63, 3.8) is 0 Å². The molecule has 0 aromatic heterocycles. The molecule has 0 aliphatic rings. The van der Waals surface area contributed by atoms with E-state index in [2.05, 4.69) is 0 Å². The molecule has 0 aliphatic heterocycles. The number of carbonyl (C=O) groups excluding carboxylic acids is 1. The molecule has 0 rings (SSSR count). The number of methoxy groups -OCH3 is 1. The summed E-state index contributed by atoms with van der Waals surface area (Å²) in [4.78, 5) is 25.2. The largest absolute Gasteiger partial charge is 0.480 e. The number of ether oxygens (including phenoxy) is 1. The number of nitrogens with zero attached hydrogens (tertiary/aromatic N) is 2. The van der Waals surface area contributed by atoms with Crippen LogP contribution in [0.1, 0.15) is 13.3 Å². The summed E-state index contributed by atoms with van der Waals surface area (Å²) in [5.41, 5.74) is 0. The van der Waals surface area contributed by atoms with Gasteiger partial charge in [0.15, 0.2) is 0 Å². The minimum Gasteiger partial charge on any atom is -0.480 e. The van der Waals surface area contributed by atoms with Crippen molar-refractivity contribution in [2.45, 2.75) is 13.3 Å². The Morgan fingerprint density at radius 1 is 1.31 bits per heavy atom. The molecule has 0 unspecified atom stereocenters. The lowest BCUT2D eigenvalue weighted by atomic mass is 10.4. The number of carboxylic acids is 1. The Balaban J connectivity index is 4.29. The highest BCUT2D eigenvalue weighted by molar-refractivity contribution is 5.80. The Kier molecular flexibility index (Phi) is 7.28. The van der Waals surface area contributed by atoms with Gasteiger partial charge in [0.25, 0.3) is 0 Å². The molecule has 0 aliphatic carbocycles. The standard InChI is InChI=1S/C10H20N2O4/c1-4-5-12(8-9(13)14)10(15)11(2)6-7-16-3/h4-8H2,1-3H3,(H,13,14). The van der Waals surface area contributed by atoms with Gasteiger partial charge in [-0.25, -0.2) is 4.79 Å². The second kappa shape index (κ2) is 7.92. The molecule has 1 N–H and O–H groups in total. The van der Waals surface area contributed by atoms with E-state index in [0.29, 0.717) is 19.7 Å². The predicted molar refractivity (Wildman–Crippen MR) is 59.4 cm³/mol. The summed E-state index contributed by atoms with van der Waals surface area (Å²) in [6, 6.07) is -0.277. The molecule has 0 aromatic rings. The average molecular weight is 232 g/mol. The van der Waals surface area contributed by atoms with Crippen LogP contribution in [0.4, 0.5) is 4.79 Å². The number of amides is 2. The van der Waals surface area contributed by atoms with Crippen LogP contribution in [0.2, 0.25) is 0 Å². The molecule has 0 saturated heterocycles. The monoisotopic (exact) mass is 232 g/mol. The van der Waals surface area contributed by atoms with E-state index in [1.165, 1.54) is 9.80 Å². The van der Waals surface area contributed by atoms with E-state index in [0.717, 1.165) is 6.42 Å². The SMILES string of the molecule is CCCN(CC(=O)O)C(=O)N(C)CCOC. The number of urea groups is 1. The molecule has 0 atom stereocenters. The highest BCUT2D eigenvalue weighted by atomic mass is 16.5. The number of likely N-dealkylation sites (N-methyl/N-ethyl adjacent to an activating group) is 1. The Morgan fingerprint density at radius 3 is 2.38 bits per heavy atom. The van der Waals surface area contributed by atoms with Gasteiger partial charge < -0.3 is 19.6 Å². The second-order valence-electron chi connectivity index (χ2n) is 3.51. The zero-order valence-corrected chi connectivity index (χ0v) is 10.1. The number of carboxylic acid groups (broad SMARTS) is 1. The van der Waals surface area contributed by atoms with Crippen molar-refractivity contribution < 1.29 is 19.4 Å². The molecule has 6 nitrogen and oxygen atoms in total. The van der Waals surface area contributed by atoms with E-state index >= 15 is 0 Å². The van der Waals surface area contributed by atoms with Crippen molar-refractivity contribution in [2.75, 3.05) is 40.4 Å². The first-order valence-corrected chi connectivity index (χ1v) is 5.23. The lowest BCUT2D eigenvalue weighted by molar-refractivity contribution is -0.137. The fourth-order valence-electron chi connectivity index (χ4n) is 1.24. The van der Waals surface area contributed by atoms with Crippen LogP contribution < -0.4 is 0 Å². The number of carbonyl (C=O) groups is 2. The number of hydrogen-bond acceptors (Lipinski definition) is 3. The fraction of sp³-hybridized carbons (Fsp3) is 0.800. The zero-order chi connectivity index (χ0) is 12.6. The van der Waals surface area contributed by atoms with Gasteiger partial charge in [-0.3, -0.25) is 4.79 Å². The normalized spacial score (nSPS) is 9.94. The Morgan fingerprint density at radius 2 is 1.94 bits per heavy atom. The van der Waals surface area contributed by atoms with Crippen molar-refractivity contribution in [3.8, 4) is 0 Å². The van der Waals surface area contributed by atoms with Gasteiger partial charge in [-0.1, -0.05) is 6.92 Å². The molecule has 0 radical (unpaired) electrons. The molecule has 0 bridgehead atoms. The molecule has 0 aromatic carbocycles. The van der Waals surface area contributed by atoms with E-state index in [9.17, 15) is 9.59 Å². The highest BCUT2D eigenvalue weighted by Crippen LogP contribution is 1.98. The van der Waals surface area contributed by atoms with Gasteiger partial charge in [-0.2, -0.15) is 0 Å². The van der Waals surface area contributed by atoms with Crippen molar-refractivity contribution in [1.82, 2.24) is 9.80 Å². The first-order valence-electron chi connectivity index (χ1n) is 5.23. The third kappa shape index (κ3) is 5.55. The maximum Gasteiger partial charge on any atom is 0.323 e. The predicted octanol–water partition coefficient (Wildman–Crippen LogP) is 0.481. The van der Waals surface area contributed by atoms with Gasteiger partial charge in [-0.15, -0.1) is 0 Å². The van der Waals surface area contributed by atoms with E-state index in [-0.39, 0.29) is 12.6 Å². The van der Waals surface area contributed by atoms with Crippen LogP contribution in [-0.2, 0) is 9.53 Å². The summed E-state index contributed by atoms with van der Waals surface area (Å²) in [6.45, 7) is 2.98. The Hall–Kier alpha value is -1.30. The first kappa shape index (κ1) is 14.7. The van der Waals surface area contributed by atoms with Crippen molar-refractivity contribution in [3.05, 3.63) is 0 Å². The molecule has 0 fully saturated rings. The van der Waals surface area contributed by atoms with Crippen LogP contribution in [0, 0.1) is 0 Å². The Labute approximate surface area is 95.8 Å². The molecule has 6 heteroatoms. The van der Waals surface area contributed by atoms with Gasteiger partial charge in [0, 0.05) is 27.2 Å². The summed E-state index contributed by atoms with van der Waals surface area (Å²) in [5.74, 6) is -0.998. The minimum atomic E-state index is -0.998. The van der Waals surface area contributed by atoms with Gasteiger partial charge in [0.05, 0.1) is 6.61 Å². The number of rotatable bonds is 7. The average Bonchev–Trinajstić information content (AvgIpc) is 2.23. The molecular weight excluding hydrogens is 212 g/mol. The van der Waals surface area contributed by atoms with Crippen LogP contribution in [0.5, 0.6) is 0 Å². The van der Waals surface area contributed by atoms with Crippen molar-refractivity contribution in [2.24, 2.45) is 0 Å². The zero-order valence-electron chi connectivity index (χ0n) is 10.1. The van der Waals surface area contributed by atoms with Crippen molar-refractivity contribution in [1.29, 1.82) is 0 Å². The van der Waals surface area contributed by atoms with E-state index in [1.807, 2.05) is 6.92 Å². The summed E-state index contributed by atoms with van der Waals surface area (Å²) in [6.07, 6.45) is 0.733. The molecule has 0 spiro atoms. The Bertz CT molecular complexity index is 233. The quantitative estimate of drug-likeness (QED) is 0.693. The maximum atomic E-state index is 11.8. The minimum absolute atomic E-state index is 0.260. The van der Waals surface area contributed by atoms with Crippen LogP contribution in [0.15, 0.2) is 0 Å². The molecule has 0 heterocycles. The van der Waals surface area contributed by atoms with Gasteiger partial charge in [0.1, 0.15) is 6.54 Å². The van der Waals surface area contributed by atoms with Gasteiger partial charge >= 0.3 is 12.0 Å². The summed E-state index contributed by atoms with van der Waals surface area (Å²) >= 11 is 0. The molecule has 16 heavy (non-hydrogen) atoms. The van der Waals surface area contributed by atoms with Crippen LogP contribution in [0.25, 0.3) is 0 Å². The maximum absolute atomic E-state index is 11.8. The van der Waals surface area contributed by atoms with Crippen LogP contribution in [-0.4, -0.2) is 67.3 Å². The third-order valence-corrected chi connectivity index (χ3v) is 2.05. The smallest absolute Gasteiger partial charge is 0.323 e. The van der Waals surface area contributed by atoms with E-state index < -0.39 is 5.97 Å². The highest BCUT2D eigenvalue weighted by Gasteiger charge is 2.19. The topological polar surface area (TPSA) is 70.1 Å². The first-order chi connectivity index (χ1) is 7.52. The fourth-order valence-corrected chi connectivity index (χ4v) is 1.24. The second-order valence-corrected chi connectivity index (χ2v) is 3.51. The lowest BCUT2D eigenvalue weighted by Gasteiger charge is -2.26. The number of aliphatic carboxylic acids is 1. The van der Waals surface area contributed by atoms with Crippen LogP contribution in [0.3, 0.4) is 0 Å². The summed E-state index contributed by atoms with van der Waals surface area (Å²) < 4.78 is 4.85. The molecule has 94 valence electrons. The van der Waals surface area contributed by atoms with E-state index in [4.69, 9.17) is 9.84 Å². The van der Waals surface area contributed by atoms with Gasteiger partial charge in [-0.05, 0) is 6.42 Å². The summed E-state index contributed by atoms with van der Waals surface area (Å²) in [5, 5.41) is 8.68.